The van der Waals surface area contributed by atoms with Gasteiger partial charge in [0.15, 0.2) is 0 Å². The van der Waals surface area contributed by atoms with Gasteiger partial charge in [-0.1, -0.05) is 12.1 Å². The van der Waals surface area contributed by atoms with Gasteiger partial charge < -0.3 is 10.6 Å². The van der Waals surface area contributed by atoms with E-state index < -0.39 is 11.8 Å². The summed E-state index contributed by atoms with van der Waals surface area (Å²) in [4.78, 5) is 22.2. The Labute approximate surface area is 92.8 Å². The molecule has 0 spiro atoms. The van der Waals surface area contributed by atoms with Gasteiger partial charge in [-0.2, -0.15) is 0 Å². The van der Waals surface area contributed by atoms with Gasteiger partial charge in [-0.15, -0.1) is 0 Å². The summed E-state index contributed by atoms with van der Waals surface area (Å²) in [6.07, 6.45) is 0. The molecule has 0 aliphatic heterocycles. The lowest BCUT2D eigenvalue weighted by Gasteiger charge is -2.13. The fraction of sp³-hybridized carbons (Fsp3) is 0.273. The number of nitrogens with one attached hydrogen (secondary N) is 2. The van der Waals surface area contributed by atoms with Crippen LogP contribution in [0, 0.1) is 5.82 Å². The predicted molar refractivity (Wildman–Crippen MR) is 57.0 cm³/mol. The molecule has 0 unspecified atom stereocenters. The second-order valence-electron chi connectivity index (χ2n) is 3.33. The number of benzene rings is 1. The fourth-order valence-corrected chi connectivity index (χ4v) is 1.21. The molecule has 0 aromatic heterocycles. The molecule has 0 fully saturated rings. The third-order valence-electron chi connectivity index (χ3n) is 2.15. The normalized spacial score (nSPS) is 11.7. The first-order valence-corrected chi connectivity index (χ1v) is 4.82. The van der Waals surface area contributed by atoms with E-state index in [2.05, 4.69) is 10.6 Å². The summed E-state index contributed by atoms with van der Waals surface area (Å²) in [5.74, 6) is -1.75. The molecule has 0 saturated carbocycles. The van der Waals surface area contributed by atoms with Gasteiger partial charge >= 0.3 is 11.8 Å². The van der Waals surface area contributed by atoms with E-state index in [0.29, 0.717) is 0 Å². The first kappa shape index (κ1) is 12.2. The van der Waals surface area contributed by atoms with Crippen LogP contribution in [0.15, 0.2) is 24.3 Å². The van der Waals surface area contributed by atoms with Crippen molar-refractivity contribution < 1.29 is 14.0 Å². The molecule has 0 saturated heterocycles. The molecule has 2 amide bonds. The SMILES string of the molecule is CNC(=O)C(=O)N[C@H](C)c1ccc(F)cc1. The number of likely N-dealkylation sites (N-methyl/N-ethyl adjacent to an activating group) is 1. The van der Waals surface area contributed by atoms with Crippen LogP contribution in [0.1, 0.15) is 18.5 Å². The number of carbonyl (C=O) groups is 2. The third kappa shape index (κ3) is 3.05. The van der Waals surface area contributed by atoms with E-state index in [9.17, 15) is 14.0 Å². The van der Waals surface area contributed by atoms with Crippen molar-refractivity contribution in [3.63, 3.8) is 0 Å². The number of rotatable bonds is 2. The van der Waals surface area contributed by atoms with Crippen LogP contribution in [0.4, 0.5) is 4.39 Å². The van der Waals surface area contributed by atoms with Crippen LogP contribution in [0.5, 0.6) is 0 Å². The second kappa shape index (κ2) is 5.25. The van der Waals surface area contributed by atoms with Gasteiger partial charge in [0.1, 0.15) is 5.82 Å². The average Bonchev–Trinajstić information content (AvgIpc) is 2.28. The van der Waals surface area contributed by atoms with Crippen LogP contribution in [0.3, 0.4) is 0 Å². The molecule has 1 rings (SSSR count). The Bertz CT molecular complexity index is 389. The number of carbonyl (C=O) groups excluding carboxylic acids is 2. The number of halogens is 1. The van der Waals surface area contributed by atoms with Crippen LogP contribution in [-0.4, -0.2) is 18.9 Å². The van der Waals surface area contributed by atoms with Crippen molar-refractivity contribution in [3.8, 4) is 0 Å². The van der Waals surface area contributed by atoms with Crippen molar-refractivity contribution in [1.29, 1.82) is 0 Å². The molecule has 1 aromatic rings. The first-order chi connectivity index (χ1) is 7.54. The van der Waals surface area contributed by atoms with Crippen molar-refractivity contribution >= 4 is 11.8 Å². The Balaban J connectivity index is 2.65. The summed E-state index contributed by atoms with van der Waals surface area (Å²) >= 11 is 0. The quantitative estimate of drug-likeness (QED) is 0.728. The lowest BCUT2D eigenvalue weighted by atomic mass is 10.1. The van der Waals surface area contributed by atoms with Gasteiger partial charge in [-0.3, -0.25) is 9.59 Å². The highest BCUT2D eigenvalue weighted by molar-refractivity contribution is 6.35. The average molecular weight is 224 g/mol. The van der Waals surface area contributed by atoms with Gasteiger partial charge in [-0.25, -0.2) is 4.39 Å². The highest BCUT2D eigenvalue weighted by Crippen LogP contribution is 2.12. The maximum absolute atomic E-state index is 12.6. The van der Waals surface area contributed by atoms with Crippen molar-refractivity contribution in [2.75, 3.05) is 7.05 Å². The molecule has 0 bridgehead atoms. The van der Waals surface area contributed by atoms with E-state index in [0.717, 1.165) is 5.56 Å². The van der Waals surface area contributed by atoms with Crippen LogP contribution >= 0.6 is 0 Å². The fourth-order valence-electron chi connectivity index (χ4n) is 1.21. The highest BCUT2D eigenvalue weighted by Gasteiger charge is 2.15. The predicted octanol–water partition coefficient (Wildman–Crippen LogP) is 0.749. The molecule has 1 aromatic carbocycles. The van der Waals surface area contributed by atoms with Crippen LogP contribution in [0.2, 0.25) is 0 Å². The van der Waals surface area contributed by atoms with E-state index in [1.807, 2.05) is 0 Å². The third-order valence-corrected chi connectivity index (χ3v) is 2.15. The zero-order valence-corrected chi connectivity index (χ0v) is 9.08. The standard InChI is InChI=1S/C11H13FN2O2/c1-7(14-11(16)10(15)13-2)8-3-5-9(12)6-4-8/h3-7H,1-2H3,(H,13,15)(H,14,16)/t7-/m1/s1. The first-order valence-electron chi connectivity index (χ1n) is 4.82. The minimum Gasteiger partial charge on any atom is -0.351 e. The van der Waals surface area contributed by atoms with Gasteiger partial charge in [-0.05, 0) is 24.6 Å². The maximum Gasteiger partial charge on any atom is 0.309 e. The Hall–Kier alpha value is -1.91. The maximum atomic E-state index is 12.6. The van der Waals surface area contributed by atoms with E-state index in [4.69, 9.17) is 0 Å². The van der Waals surface area contributed by atoms with Crippen LogP contribution in [0.25, 0.3) is 0 Å². The number of amides is 2. The summed E-state index contributed by atoms with van der Waals surface area (Å²) in [5.41, 5.74) is 0.735. The molecule has 0 aliphatic rings. The van der Waals surface area contributed by atoms with Crippen molar-refractivity contribution in [2.45, 2.75) is 13.0 Å². The highest BCUT2D eigenvalue weighted by atomic mass is 19.1. The minimum absolute atomic E-state index is 0.339. The molecule has 2 N–H and O–H groups in total. The van der Waals surface area contributed by atoms with Gasteiger partial charge in [0.2, 0.25) is 0 Å². The van der Waals surface area contributed by atoms with Crippen molar-refractivity contribution in [2.24, 2.45) is 0 Å². The Morgan fingerprint density at radius 1 is 1.19 bits per heavy atom. The Kier molecular flexibility index (Phi) is 3.99. The summed E-state index contributed by atoms with van der Waals surface area (Å²) in [5, 5.41) is 4.71. The molecule has 0 aliphatic carbocycles. The van der Waals surface area contributed by atoms with Crippen molar-refractivity contribution in [3.05, 3.63) is 35.6 Å². The van der Waals surface area contributed by atoms with Crippen molar-refractivity contribution in [1.82, 2.24) is 10.6 Å². The number of hydrogen-bond acceptors (Lipinski definition) is 2. The summed E-state index contributed by atoms with van der Waals surface area (Å²) in [6, 6.07) is 5.38. The van der Waals surface area contributed by atoms with Crippen LogP contribution in [-0.2, 0) is 9.59 Å². The number of hydrogen-bond donors (Lipinski definition) is 2. The molecule has 86 valence electrons. The topological polar surface area (TPSA) is 58.2 Å². The zero-order chi connectivity index (χ0) is 12.1. The molecule has 16 heavy (non-hydrogen) atoms. The lowest BCUT2D eigenvalue weighted by molar-refractivity contribution is -0.139. The van der Waals surface area contributed by atoms with Gasteiger partial charge in [0.25, 0.3) is 0 Å². The van der Waals surface area contributed by atoms with E-state index in [-0.39, 0.29) is 11.9 Å². The van der Waals surface area contributed by atoms with Crippen LogP contribution < -0.4 is 10.6 Å². The molecule has 5 heteroatoms. The summed E-state index contributed by atoms with van der Waals surface area (Å²) in [7, 11) is 1.38. The lowest BCUT2D eigenvalue weighted by Crippen LogP contribution is -2.39. The molecule has 0 radical (unpaired) electrons. The van der Waals surface area contributed by atoms with E-state index in [1.165, 1.54) is 19.2 Å². The summed E-state index contributed by atoms with van der Waals surface area (Å²) < 4.78 is 12.6. The van der Waals surface area contributed by atoms with E-state index in [1.54, 1.807) is 19.1 Å². The monoisotopic (exact) mass is 224 g/mol. The smallest absolute Gasteiger partial charge is 0.309 e. The Morgan fingerprint density at radius 2 is 1.75 bits per heavy atom. The molecule has 4 nitrogen and oxygen atoms in total. The molecular weight excluding hydrogens is 211 g/mol. The van der Waals surface area contributed by atoms with Gasteiger partial charge in [0.05, 0.1) is 6.04 Å². The Morgan fingerprint density at radius 3 is 2.25 bits per heavy atom. The van der Waals surface area contributed by atoms with E-state index >= 15 is 0 Å². The molecule has 1 atom stereocenters. The largest absolute Gasteiger partial charge is 0.351 e. The summed E-state index contributed by atoms with van der Waals surface area (Å²) in [6.45, 7) is 1.72. The molecule has 0 heterocycles. The molecular formula is C11H13FN2O2. The second-order valence-corrected chi connectivity index (χ2v) is 3.33. The van der Waals surface area contributed by atoms with Gasteiger partial charge in [0, 0.05) is 7.05 Å². The minimum atomic E-state index is -0.709. The zero-order valence-electron chi connectivity index (χ0n) is 9.08.